The molecule has 136 valence electrons. The first-order chi connectivity index (χ1) is 12.4. The topological polar surface area (TPSA) is 135 Å². The molecule has 2 rings (SSSR count). The van der Waals surface area contributed by atoms with Gasteiger partial charge in [-0.15, -0.1) is 0 Å². The lowest BCUT2D eigenvalue weighted by Gasteiger charge is -2.15. The van der Waals surface area contributed by atoms with Crippen LogP contribution in [-0.2, 0) is 4.79 Å². The molecule has 0 bridgehead atoms. The number of aliphatic carboxylic acids is 1. The molecule has 0 saturated heterocycles. The van der Waals surface area contributed by atoms with E-state index in [4.69, 9.17) is 19.3 Å². The van der Waals surface area contributed by atoms with E-state index >= 15 is 0 Å². The molecule has 0 aliphatic rings. The van der Waals surface area contributed by atoms with Gasteiger partial charge in [0.05, 0.1) is 19.9 Å². The van der Waals surface area contributed by atoms with Crippen LogP contribution < -0.4 is 19.8 Å². The van der Waals surface area contributed by atoms with Gasteiger partial charge in [-0.2, -0.15) is 5.26 Å². The Morgan fingerprint density at radius 1 is 1.35 bits per heavy atom. The number of thioether (sulfide) groups is 1. The standard InChI is InChI=1S/C16H15N3O6S/c1-23-10-4-8(5-11(24-2)14(10)25-7-12(20)21)13-9(6-17)15(22)19-16(18-13)26-3/h4-5H,7H2,1-3H3,(H,20,21)(H,18,19,22). The molecule has 2 aromatic rings. The molecule has 1 aromatic heterocycles. The van der Waals surface area contributed by atoms with Crippen LogP contribution in [0, 0.1) is 11.3 Å². The summed E-state index contributed by atoms with van der Waals surface area (Å²) < 4.78 is 15.7. The van der Waals surface area contributed by atoms with Crippen molar-refractivity contribution in [2.75, 3.05) is 27.1 Å². The molecule has 0 spiro atoms. The van der Waals surface area contributed by atoms with Crippen LogP contribution in [0.15, 0.2) is 22.1 Å². The molecule has 0 aliphatic heterocycles. The van der Waals surface area contributed by atoms with Crippen molar-refractivity contribution in [2.45, 2.75) is 5.16 Å². The van der Waals surface area contributed by atoms with Crippen LogP contribution in [0.5, 0.6) is 17.2 Å². The van der Waals surface area contributed by atoms with Crippen LogP contribution in [0.3, 0.4) is 0 Å². The first-order valence-corrected chi connectivity index (χ1v) is 8.37. The molecule has 0 amide bonds. The Hall–Kier alpha value is -3.19. The molecule has 2 N–H and O–H groups in total. The predicted molar refractivity (Wildman–Crippen MR) is 93.0 cm³/mol. The summed E-state index contributed by atoms with van der Waals surface area (Å²) in [6.07, 6.45) is 1.73. The number of benzene rings is 1. The van der Waals surface area contributed by atoms with Gasteiger partial charge in [-0.05, 0) is 18.4 Å². The SMILES string of the molecule is COc1cc(-c2nc(SC)[nH]c(=O)c2C#N)cc(OC)c1OCC(=O)O. The van der Waals surface area contributed by atoms with Crippen LogP contribution in [0.1, 0.15) is 5.56 Å². The molecule has 9 nitrogen and oxygen atoms in total. The lowest BCUT2D eigenvalue weighted by molar-refractivity contribution is -0.139. The zero-order chi connectivity index (χ0) is 19.3. The van der Waals surface area contributed by atoms with Crippen molar-refractivity contribution in [3.8, 4) is 34.6 Å². The number of nitrogens with zero attached hydrogens (tertiary/aromatic N) is 2. The summed E-state index contributed by atoms with van der Waals surface area (Å²) in [6, 6.07) is 4.82. The van der Waals surface area contributed by atoms with Gasteiger partial charge in [0.2, 0.25) is 5.75 Å². The smallest absolute Gasteiger partial charge is 0.341 e. The molecule has 1 aromatic carbocycles. The van der Waals surface area contributed by atoms with Gasteiger partial charge in [0.1, 0.15) is 11.6 Å². The number of H-pyrrole nitrogens is 1. The highest BCUT2D eigenvalue weighted by Gasteiger charge is 2.20. The maximum atomic E-state index is 12.1. The van der Waals surface area contributed by atoms with Gasteiger partial charge in [0.25, 0.3) is 5.56 Å². The Balaban J connectivity index is 2.69. The van der Waals surface area contributed by atoms with E-state index in [0.29, 0.717) is 10.7 Å². The first-order valence-electron chi connectivity index (χ1n) is 7.14. The first kappa shape index (κ1) is 19.1. The summed E-state index contributed by atoms with van der Waals surface area (Å²) in [6.45, 7) is -0.588. The van der Waals surface area contributed by atoms with Crippen molar-refractivity contribution in [2.24, 2.45) is 0 Å². The Labute approximate surface area is 152 Å². The van der Waals surface area contributed by atoms with E-state index in [2.05, 4.69) is 9.97 Å². The normalized spacial score (nSPS) is 10.1. The summed E-state index contributed by atoms with van der Waals surface area (Å²) in [5, 5.41) is 18.4. The highest BCUT2D eigenvalue weighted by molar-refractivity contribution is 7.98. The van der Waals surface area contributed by atoms with Crippen LogP contribution in [0.2, 0.25) is 0 Å². The fourth-order valence-electron chi connectivity index (χ4n) is 2.15. The maximum absolute atomic E-state index is 12.1. The number of aromatic nitrogens is 2. The zero-order valence-corrected chi connectivity index (χ0v) is 15.0. The molecule has 0 aliphatic carbocycles. The van der Waals surface area contributed by atoms with Crippen molar-refractivity contribution in [1.82, 2.24) is 9.97 Å². The Kier molecular flexibility index (Phi) is 6.08. The molecule has 0 radical (unpaired) electrons. The Morgan fingerprint density at radius 3 is 2.42 bits per heavy atom. The number of carboxylic acid groups (broad SMARTS) is 1. The van der Waals surface area contributed by atoms with E-state index in [9.17, 15) is 14.9 Å². The minimum absolute atomic E-state index is 0.0922. The van der Waals surface area contributed by atoms with Crippen molar-refractivity contribution < 1.29 is 24.1 Å². The molecule has 1 heterocycles. The summed E-state index contributed by atoms with van der Waals surface area (Å²) in [4.78, 5) is 29.6. The second-order valence-electron chi connectivity index (χ2n) is 4.80. The minimum Gasteiger partial charge on any atom is -0.493 e. The van der Waals surface area contributed by atoms with Gasteiger partial charge in [0.15, 0.2) is 23.3 Å². The molecule has 0 fully saturated rings. The Morgan fingerprint density at radius 2 is 1.96 bits per heavy atom. The molecule has 0 atom stereocenters. The number of nitrogens with one attached hydrogen (secondary N) is 1. The van der Waals surface area contributed by atoms with E-state index in [1.807, 2.05) is 6.07 Å². The summed E-state index contributed by atoms with van der Waals surface area (Å²) in [5.41, 5.74) is -0.182. The van der Waals surface area contributed by atoms with E-state index in [1.165, 1.54) is 38.1 Å². The number of aromatic amines is 1. The average Bonchev–Trinajstić information content (AvgIpc) is 2.64. The monoisotopic (exact) mass is 377 g/mol. The maximum Gasteiger partial charge on any atom is 0.341 e. The molecule has 0 unspecified atom stereocenters. The van der Waals surface area contributed by atoms with Crippen LogP contribution >= 0.6 is 11.8 Å². The van der Waals surface area contributed by atoms with E-state index in [0.717, 1.165) is 0 Å². The molecule has 26 heavy (non-hydrogen) atoms. The third-order valence-electron chi connectivity index (χ3n) is 3.28. The number of carboxylic acids is 1. The number of methoxy groups -OCH3 is 2. The lowest BCUT2D eigenvalue weighted by Crippen LogP contribution is -2.15. The number of hydrogen-bond donors (Lipinski definition) is 2. The molecular weight excluding hydrogens is 362 g/mol. The van der Waals surface area contributed by atoms with E-state index < -0.39 is 18.1 Å². The number of rotatable bonds is 7. The molecule has 10 heteroatoms. The predicted octanol–water partition coefficient (Wildman–Crippen LogP) is 1.51. The Bertz CT molecular complexity index is 910. The fraction of sp³-hybridized carbons (Fsp3) is 0.250. The largest absolute Gasteiger partial charge is 0.493 e. The van der Waals surface area contributed by atoms with Gasteiger partial charge < -0.3 is 24.3 Å². The highest BCUT2D eigenvalue weighted by Crippen LogP contribution is 2.41. The van der Waals surface area contributed by atoms with Crippen LogP contribution in [0.4, 0.5) is 0 Å². The lowest BCUT2D eigenvalue weighted by atomic mass is 10.1. The van der Waals surface area contributed by atoms with Gasteiger partial charge in [-0.1, -0.05) is 11.8 Å². The van der Waals surface area contributed by atoms with E-state index in [1.54, 1.807) is 6.26 Å². The highest BCUT2D eigenvalue weighted by atomic mass is 32.2. The van der Waals surface area contributed by atoms with Gasteiger partial charge in [0, 0.05) is 5.56 Å². The molecule has 0 saturated carbocycles. The second kappa shape index (κ2) is 8.26. The van der Waals surface area contributed by atoms with E-state index in [-0.39, 0.29) is 28.5 Å². The summed E-state index contributed by atoms with van der Waals surface area (Å²) in [5.74, 6) is -0.713. The number of ether oxygens (including phenoxy) is 3. The number of hydrogen-bond acceptors (Lipinski definition) is 8. The number of nitriles is 1. The van der Waals surface area contributed by atoms with Crippen LogP contribution in [0.25, 0.3) is 11.3 Å². The molecular formula is C16H15N3O6S. The van der Waals surface area contributed by atoms with Crippen LogP contribution in [-0.4, -0.2) is 48.1 Å². The number of carbonyl (C=O) groups is 1. The van der Waals surface area contributed by atoms with Gasteiger partial charge >= 0.3 is 5.97 Å². The minimum atomic E-state index is -1.16. The second-order valence-corrected chi connectivity index (χ2v) is 5.60. The average molecular weight is 377 g/mol. The third-order valence-corrected chi connectivity index (χ3v) is 3.86. The summed E-state index contributed by atoms with van der Waals surface area (Å²) in [7, 11) is 2.74. The quantitative estimate of drug-likeness (QED) is 0.543. The van der Waals surface area contributed by atoms with Crippen molar-refractivity contribution in [3.63, 3.8) is 0 Å². The van der Waals surface area contributed by atoms with Gasteiger partial charge in [-0.25, -0.2) is 9.78 Å². The summed E-state index contributed by atoms with van der Waals surface area (Å²) >= 11 is 1.22. The zero-order valence-electron chi connectivity index (χ0n) is 14.2. The fourth-order valence-corrected chi connectivity index (χ4v) is 2.53. The van der Waals surface area contributed by atoms with Crippen molar-refractivity contribution in [1.29, 1.82) is 5.26 Å². The van der Waals surface area contributed by atoms with Crippen molar-refractivity contribution in [3.05, 3.63) is 28.0 Å². The third kappa shape index (κ3) is 3.89. The van der Waals surface area contributed by atoms with Gasteiger partial charge in [-0.3, -0.25) is 4.79 Å². The van der Waals surface area contributed by atoms with Crippen molar-refractivity contribution >= 4 is 17.7 Å².